The first-order valence-electron chi connectivity index (χ1n) is 7.63. The maximum absolute atomic E-state index is 13.6. The first kappa shape index (κ1) is 13.8. The van der Waals surface area contributed by atoms with Crippen molar-refractivity contribution in [2.75, 3.05) is 5.32 Å². The molecule has 3 atom stereocenters. The van der Waals surface area contributed by atoms with E-state index in [0.717, 1.165) is 22.7 Å². The minimum atomic E-state index is -0.185. The fourth-order valence-electron chi connectivity index (χ4n) is 3.84. The van der Waals surface area contributed by atoms with Crippen molar-refractivity contribution >= 4 is 17.3 Å². The molecule has 0 spiro atoms. The number of nitrogens with one attached hydrogen (secondary N) is 1. The largest absolute Gasteiger partial charge is 0.377 e. The van der Waals surface area contributed by atoms with Gasteiger partial charge in [0.25, 0.3) is 0 Å². The topological polar surface area (TPSA) is 12.0 Å². The second-order valence-corrected chi connectivity index (χ2v) is 6.59. The predicted molar refractivity (Wildman–Crippen MR) is 88.9 cm³/mol. The van der Waals surface area contributed by atoms with Crippen LogP contribution in [0.5, 0.6) is 0 Å². The normalized spacial score (nSPS) is 25.5. The molecule has 4 rings (SSSR count). The lowest BCUT2D eigenvalue weighted by Gasteiger charge is -2.38. The van der Waals surface area contributed by atoms with Gasteiger partial charge in [-0.3, -0.25) is 0 Å². The molecule has 3 heteroatoms. The van der Waals surface area contributed by atoms with E-state index in [4.69, 9.17) is 11.6 Å². The maximum Gasteiger partial charge on any atom is 0.123 e. The highest BCUT2D eigenvalue weighted by molar-refractivity contribution is 6.32. The van der Waals surface area contributed by atoms with E-state index >= 15 is 0 Å². The second kappa shape index (κ2) is 5.13. The number of halogens is 2. The molecule has 0 radical (unpaired) electrons. The molecular weight excluding hydrogens is 297 g/mol. The van der Waals surface area contributed by atoms with Gasteiger partial charge >= 0.3 is 0 Å². The van der Waals surface area contributed by atoms with Crippen molar-refractivity contribution < 1.29 is 4.39 Å². The Bertz CT molecular complexity index is 768. The molecule has 1 heterocycles. The Balaban J connectivity index is 1.86. The fourth-order valence-corrected chi connectivity index (χ4v) is 4.12. The molecule has 22 heavy (non-hydrogen) atoms. The van der Waals surface area contributed by atoms with Gasteiger partial charge in [0.15, 0.2) is 0 Å². The minimum absolute atomic E-state index is 0.111. The Morgan fingerprint density at radius 1 is 1.23 bits per heavy atom. The Kier molecular flexibility index (Phi) is 3.23. The zero-order valence-electron chi connectivity index (χ0n) is 12.3. The van der Waals surface area contributed by atoms with E-state index in [9.17, 15) is 4.39 Å². The zero-order chi connectivity index (χ0) is 15.3. The van der Waals surface area contributed by atoms with Crippen molar-refractivity contribution in [1.82, 2.24) is 0 Å². The molecule has 2 aliphatic rings. The van der Waals surface area contributed by atoms with E-state index < -0.39 is 0 Å². The van der Waals surface area contributed by atoms with Crippen molar-refractivity contribution in [3.63, 3.8) is 0 Å². The van der Waals surface area contributed by atoms with Gasteiger partial charge in [-0.2, -0.15) is 0 Å². The average molecular weight is 314 g/mol. The van der Waals surface area contributed by atoms with Gasteiger partial charge in [0.1, 0.15) is 5.82 Å². The molecule has 0 fully saturated rings. The van der Waals surface area contributed by atoms with Crippen LogP contribution < -0.4 is 5.32 Å². The van der Waals surface area contributed by atoms with E-state index in [1.807, 2.05) is 18.2 Å². The van der Waals surface area contributed by atoms with Crippen LogP contribution in [0.15, 0.2) is 48.6 Å². The quantitative estimate of drug-likeness (QED) is 0.674. The third kappa shape index (κ3) is 2.05. The van der Waals surface area contributed by atoms with Gasteiger partial charge in [0, 0.05) is 22.2 Å². The summed E-state index contributed by atoms with van der Waals surface area (Å²) in [6, 6.07) is 11.0. The monoisotopic (exact) mass is 313 g/mol. The van der Waals surface area contributed by atoms with Crippen LogP contribution in [0.2, 0.25) is 5.02 Å². The molecule has 1 aliphatic carbocycles. The van der Waals surface area contributed by atoms with E-state index in [1.165, 1.54) is 17.2 Å². The summed E-state index contributed by atoms with van der Waals surface area (Å²) in [5.74, 6) is 0.501. The molecule has 2 aromatic rings. The number of aryl methyl sites for hydroxylation is 1. The maximum atomic E-state index is 13.6. The van der Waals surface area contributed by atoms with E-state index in [2.05, 4.69) is 24.4 Å². The third-order valence-electron chi connectivity index (χ3n) is 4.88. The number of hydrogen-bond donors (Lipinski definition) is 1. The molecular formula is C19H17ClFN. The predicted octanol–water partition coefficient (Wildman–Crippen LogP) is 5.61. The lowest BCUT2D eigenvalue weighted by atomic mass is 9.76. The highest BCUT2D eigenvalue weighted by atomic mass is 35.5. The lowest BCUT2D eigenvalue weighted by Crippen LogP contribution is -2.29. The molecule has 1 aliphatic heterocycles. The molecule has 1 nitrogen and oxygen atoms in total. The summed E-state index contributed by atoms with van der Waals surface area (Å²) < 4.78 is 13.6. The van der Waals surface area contributed by atoms with Gasteiger partial charge in [-0.05, 0) is 48.6 Å². The van der Waals surface area contributed by atoms with Crippen LogP contribution in [-0.2, 0) is 0 Å². The minimum Gasteiger partial charge on any atom is -0.377 e. The lowest BCUT2D eigenvalue weighted by molar-refractivity contribution is 0.424. The first-order valence-corrected chi connectivity index (χ1v) is 8.00. The summed E-state index contributed by atoms with van der Waals surface area (Å²) in [6.45, 7) is 2.09. The smallest absolute Gasteiger partial charge is 0.123 e. The SMILES string of the molecule is Cc1ccc(Cl)c2c1N[C@H](c1cccc(F)c1)[C@H]1CC=C[C@H]21. The molecule has 0 bridgehead atoms. The molecule has 0 saturated carbocycles. The summed E-state index contributed by atoms with van der Waals surface area (Å²) in [5, 5.41) is 4.44. The van der Waals surface area contributed by atoms with Crippen molar-refractivity contribution in [1.29, 1.82) is 0 Å². The van der Waals surface area contributed by atoms with Gasteiger partial charge in [-0.25, -0.2) is 4.39 Å². The number of anilines is 1. The number of hydrogen-bond acceptors (Lipinski definition) is 1. The number of benzene rings is 2. The van der Waals surface area contributed by atoms with Gasteiger partial charge in [-0.15, -0.1) is 0 Å². The molecule has 112 valence electrons. The van der Waals surface area contributed by atoms with E-state index in [0.29, 0.717) is 11.8 Å². The average Bonchev–Trinajstić information content (AvgIpc) is 2.99. The summed E-state index contributed by atoms with van der Waals surface area (Å²) in [5.41, 5.74) is 4.48. The molecule has 0 aromatic heterocycles. The Morgan fingerprint density at radius 3 is 2.91 bits per heavy atom. The van der Waals surface area contributed by atoms with Crippen molar-refractivity contribution in [3.05, 3.63) is 76.1 Å². The molecule has 0 unspecified atom stereocenters. The molecule has 0 amide bonds. The molecule has 2 aromatic carbocycles. The van der Waals surface area contributed by atoms with Crippen LogP contribution >= 0.6 is 11.6 Å². The van der Waals surface area contributed by atoms with Crippen molar-refractivity contribution in [2.24, 2.45) is 5.92 Å². The fraction of sp³-hybridized carbons (Fsp3) is 0.263. The van der Waals surface area contributed by atoms with Crippen molar-refractivity contribution in [3.8, 4) is 0 Å². The van der Waals surface area contributed by atoms with Crippen LogP contribution in [0.25, 0.3) is 0 Å². The Labute approximate surface area is 134 Å². The van der Waals surface area contributed by atoms with Crippen LogP contribution in [0.3, 0.4) is 0 Å². The van der Waals surface area contributed by atoms with Gasteiger partial charge in [0.2, 0.25) is 0 Å². The van der Waals surface area contributed by atoms with Gasteiger partial charge < -0.3 is 5.32 Å². The number of allylic oxidation sites excluding steroid dienone is 2. The highest BCUT2D eigenvalue weighted by Gasteiger charge is 2.39. The van der Waals surface area contributed by atoms with Gasteiger partial charge in [-0.1, -0.05) is 42.0 Å². The summed E-state index contributed by atoms with van der Waals surface area (Å²) in [6.07, 6.45) is 5.46. The van der Waals surface area contributed by atoms with Crippen molar-refractivity contribution in [2.45, 2.75) is 25.3 Å². The van der Waals surface area contributed by atoms with E-state index in [-0.39, 0.29) is 11.9 Å². The molecule has 1 N–H and O–H groups in total. The summed E-state index contributed by atoms with van der Waals surface area (Å²) in [4.78, 5) is 0. The van der Waals surface area contributed by atoms with Crippen LogP contribution in [-0.4, -0.2) is 0 Å². The van der Waals surface area contributed by atoms with Gasteiger partial charge in [0.05, 0.1) is 6.04 Å². The first-order chi connectivity index (χ1) is 10.6. The van der Waals surface area contributed by atoms with Crippen LogP contribution in [0, 0.1) is 18.7 Å². The number of rotatable bonds is 1. The van der Waals surface area contributed by atoms with E-state index in [1.54, 1.807) is 12.1 Å². The van der Waals surface area contributed by atoms with Crippen LogP contribution in [0.1, 0.15) is 35.1 Å². The standard InChI is InChI=1S/C19H17ClFN/c1-11-8-9-16(20)17-14-6-3-7-15(14)19(22-18(11)17)12-4-2-5-13(21)10-12/h2-6,8-10,14-15,19,22H,7H2,1H3/t14-,15-,19+/m0/s1. The summed E-state index contributed by atoms with van der Waals surface area (Å²) in [7, 11) is 0. The Hall–Kier alpha value is -1.80. The van der Waals surface area contributed by atoms with Crippen LogP contribution in [0.4, 0.5) is 10.1 Å². The highest BCUT2D eigenvalue weighted by Crippen LogP contribution is 2.52. The zero-order valence-corrected chi connectivity index (χ0v) is 13.1. The Morgan fingerprint density at radius 2 is 2.09 bits per heavy atom. The molecule has 0 saturated heterocycles. The third-order valence-corrected chi connectivity index (χ3v) is 5.21. The second-order valence-electron chi connectivity index (χ2n) is 6.18. The summed E-state index contributed by atoms with van der Waals surface area (Å²) >= 11 is 6.47. The number of fused-ring (bicyclic) bond motifs is 3.